The van der Waals surface area contributed by atoms with E-state index in [0.29, 0.717) is 0 Å². The molecule has 0 aliphatic carbocycles. The molecular formula is C13H20O2. The summed E-state index contributed by atoms with van der Waals surface area (Å²) in [5.41, 5.74) is 1.27. The number of methoxy groups -OCH3 is 2. The van der Waals surface area contributed by atoms with E-state index in [0.717, 1.165) is 0 Å². The molecule has 84 valence electrons. The third-order valence-electron chi connectivity index (χ3n) is 2.94. The minimum absolute atomic E-state index is 0.155. The average Bonchev–Trinajstić information content (AvgIpc) is 2.30. The third kappa shape index (κ3) is 3.05. The van der Waals surface area contributed by atoms with Gasteiger partial charge in [0.25, 0.3) is 0 Å². The normalized spacial score (nSPS) is 17.1. The molecule has 0 saturated heterocycles. The van der Waals surface area contributed by atoms with Gasteiger partial charge in [0.05, 0.1) is 12.2 Å². The monoisotopic (exact) mass is 208 g/mol. The molecule has 0 N–H and O–H groups in total. The highest BCUT2D eigenvalue weighted by Crippen LogP contribution is 2.26. The maximum atomic E-state index is 5.41. The molecule has 1 rings (SSSR count). The largest absolute Gasteiger partial charge is 0.381 e. The van der Waals surface area contributed by atoms with Crippen molar-refractivity contribution in [2.45, 2.75) is 32.0 Å². The van der Waals surface area contributed by atoms with Gasteiger partial charge >= 0.3 is 0 Å². The maximum absolute atomic E-state index is 5.41. The highest BCUT2D eigenvalue weighted by molar-refractivity contribution is 5.21. The standard InChI is InChI=1S/C13H20O2/c1-10(14-3)13(11(2)15-4)12-8-6-5-7-9-12/h5-11,13H,1-4H3/t10-,11+,13?. The molecule has 0 amide bonds. The summed E-state index contributed by atoms with van der Waals surface area (Å²) in [4.78, 5) is 0. The molecule has 15 heavy (non-hydrogen) atoms. The van der Waals surface area contributed by atoms with Gasteiger partial charge in [-0.25, -0.2) is 0 Å². The second kappa shape index (κ2) is 5.89. The Hall–Kier alpha value is -0.860. The van der Waals surface area contributed by atoms with E-state index in [-0.39, 0.29) is 18.1 Å². The van der Waals surface area contributed by atoms with Gasteiger partial charge in [-0.05, 0) is 19.4 Å². The molecule has 1 aromatic carbocycles. The Bertz CT molecular complexity index is 261. The molecule has 0 saturated carbocycles. The first-order valence-electron chi connectivity index (χ1n) is 5.31. The van der Waals surface area contributed by atoms with E-state index in [1.54, 1.807) is 14.2 Å². The average molecular weight is 208 g/mol. The van der Waals surface area contributed by atoms with Crippen LogP contribution in [0.3, 0.4) is 0 Å². The Labute approximate surface area is 92.2 Å². The predicted octanol–water partition coefficient (Wildman–Crippen LogP) is 2.84. The predicted molar refractivity (Wildman–Crippen MR) is 62.1 cm³/mol. The van der Waals surface area contributed by atoms with Crippen molar-refractivity contribution in [3.8, 4) is 0 Å². The van der Waals surface area contributed by atoms with Crippen LogP contribution in [0, 0.1) is 0 Å². The number of rotatable bonds is 5. The van der Waals surface area contributed by atoms with E-state index in [2.05, 4.69) is 26.0 Å². The highest BCUT2D eigenvalue weighted by Gasteiger charge is 2.25. The Morgan fingerprint density at radius 3 is 1.73 bits per heavy atom. The molecule has 0 aliphatic heterocycles. The fourth-order valence-corrected chi connectivity index (χ4v) is 1.89. The molecule has 2 nitrogen and oxygen atoms in total. The molecule has 0 spiro atoms. The molecule has 1 aromatic rings. The van der Waals surface area contributed by atoms with Crippen LogP contribution in [0.4, 0.5) is 0 Å². The highest BCUT2D eigenvalue weighted by atomic mass is 16.5. The Morgan fingerprint density at radius 2 is 1.33 bits per heavy atom. The SMILES string of the molecule is CO[C@@H](C)C(c1ccccc1)[C@@H](C)OC. The maximum Gasteiger partial charge on any atom is 0.0636 e. The van der Waals surface area contributed by atoms with E-state index in [4.69, 9.17) is 9.47 Å². The molecule has 0 aromatic heterocycles. The van der Waals surface area contributed by atoms with Gasteiger partial charge < -0.3 is 9.47 Å². The second-order valence-corrected chi connectivity index (χ2v) is 3.82. The summed E-state index contributed by atoms with van der Waals surface area (Å²) >= 11 is 0. The first-order valence-corrected chi connectivity index (χ1v) is 5.31. The van der Waals surface area contributed by atoms with E-state index < -0.39 is 0 Å². The van der Waals surface area contributed by atoms with Crippen LogP contribution in [0.15, 0.2) is 30.3 Å². The van der Waals surface area contributed by atoms with Gasteiger partial charge in [0.2, 0.25) is 0 Å². The first kappa shape index (κ1) is 12.2. The van der Waals surface area contributed by atoms with E-state index in [9.17, 15) is 0 Å². The summed E-state index contributed by atoms with van der Waals surface area (Å²) in [7, 11) is 3.48. The second-order valence-electron chi connectivity index (χ2n) is 3.82. The van der Waals surface area contributed by atoms with Gasteiger partial charge in [0, 0.05) is 20.1 Å². The lowest BCUT2D eigenvalue weighted by Gasteiger charge is -2.28. The summed E-state index contributed by atoms with van der Waals surface area (Å²) in [6.45, 7) is 4.15. The summed E-state index contributed by atoms with van der Waals surface area (Å²) in [6.07, 6.45) is 0.310. The smallest absolute Gasteiger partial charge is 0.0636 e. The van der Waals surface area contributed by atoms with Crippen LogP contribution in [-0.2, 0) is 9.47 Å². The van der Waals surface area contributed by atoms with Crippen molar-refractivity contribution in [3.63, 3.8) is 0 Å². The first-order chi connectivity index (χ1) is 7.20. The van der Waals surface area contributed by atoms with Crippen molar-refractivity contribution in [1.82, 2.24) is 0 Å². The number of ether oxygens (including phenoxy) is 2. The van der Waals surface area contributed by atoms with Gasteiger partial charge in [0.1, 0.15) is 0 Å². The van der Waals surface area contributed by atoms with Crippen molar-refractivity contribution < 1.29 is 9.47 Å². The van der Waals surface area contributed by atoms with Crippen LogP contribution in [0.2, 0.25) is 0 Å². The molecule has 0 bridgehead atoms. The van der Waals surface area contributed by atoms with Gasteiger partial charge in [0.15, 0.2) is 0 Å². The summed E-state index contributed by atoms with van der Waals surface area (Å²) in [6, 6.07) is 10.4. The topological polar surface area (TPSA) is 18.5 Å². The Kier molecular flexibility index (Phi) is 4.79. The van der Waals surface area contributed by atoms with Crippen LogP contribution in [0.5, 0.6) is 0 Å². The molecule has 0 aliphatic rings. The summed E-state index contributed by atoms with van der Waals surface area (Å²) in [5.74, 6) is 0.279. The van der Waals surface area contributed by atoms with E-state index >= 15 is 0 Å². The fraction of sp³-hybridized carbons (Fsp3) is 0.538. The molecule has 0 fully saturated rings. The van der Waals surface area contributed by atoms with Crippen LogP contribution in [0.1, 0.15) is 25.3 Å². The van der Waals surface area contributed by atoms with Gasteiger partial charge in [-0.15, -0.1) is 0 Å². The molecule has 3 atom stereocenters. The summed E-state index contributed by atoms with van der Waals surface area (Å²) < 4.78 is 10.8. The Balaban J connectivity index is 2.91. The van der Waals surface area contributed by atoms with Crippen molar-refractivity contribution >= 4 is 0 Å². The Morgan fingerprint density at radius 1 is 0.867 bits per heavy atom. The molecule has 0 radical (unpaired) electrons. The number of benzene rings is 1. The van der Waals surface area contributed by atoms with E-state index in [1.165, 1.54) is 5.56 Å². The van der Waals surface area contributed by atoms with Crippen molar-refractivity contribution in [2.24, 2.45) is 0 Å². The van der Waals surface area contributed by atoms with Gasteiger partial charge in [-0.3, -0.25) is 0 Å². The van der Waals surface area contributed by atoms with E-state index in [1.807, 2.05) is 18.2 Å². The van der Waals surface area contributed by atoms with Crippen LogP contribution in [0.25, 0.3) is 0 Å². The van der Waals surface area contributed by atoms with Gasteiger partial charge in [-0.2, -0.15) is 0 Å². The molecule has 2 heteroatoms. The lowest BCUT2D eigenvalue weighted by molar-refractivity contribution is 0.0167. The third-order valence-corrected chi connectivity index (χ3v) is 2.94. The number of hydrogen-bond acceptors (Lipinski definition) is 2. The van der Waals surface area contributed by atoms with Crippen LogP contribution < -0.4 is 0 Å². The fourth-order valence-electron chi connectivity index (χ4n) is 1.89. The summed E-state index contributed by atoms with van der Waals surface area (Å²) in [5, 5.41) is 0. The minimum atomic E-state index is 0.155. The zero-order chi connectivity index (χ0) is 11.3. The van der Waals surface area contributed by atoms with Crippen molar-refractivity contribution in [3.05, 3.63) is 35.9 Å². The van der Waals surface area contributed by atoms with Gasteiger partial charge in [-0.1, -0.05) is 30.3 Å². The zero-order valence-corrected chi connectivity index (χ0v) is 9.94. The van der Waals surface area contributed by atoms with Crippen molar-refractivity contribution in [1.29, 1.82) is 0 Å². The number of hydrogen-bond donors (Lipinski definition) is 0. The molecule has 0 heterocycles. The quantitative estimate of drug-likeness (QED) is 0.740. The van der Waals surface area contributed by atoms with Crippen LogP contribution in [-0.4, -0.2) is 26.4 Å². The molecular weight excluding hydrogens is 188 g/mol. The van der Waals surface area contributed by atoms with Crippen LogP contribution >= 0.6 is 0 Å². The minimum Gasteiger partial charge on any atom is -0.381 e. The lowest BCUT2D eigenvalue weighted by Crippen LogP contribution is -2.28. The lowest BCUT2D eigenvalue weighted by atomic mass is 9.89. The molecule has 1 unspecified atom stereocenters. The zero-order valence-electron chi connectivity index (χ0n) is 9.94. The van der Waals surface area contributed by atoms with Crippen molar-refractivity contribution in [2.75, 3.05) is 14.2 Å².